The summed E-state index contributed by atoms with van der Waals surface area (Å²) in [6.07, 6.45) is 10.6. The van der Waals surface area contributed by atoms with Gasteiger partial charge in [-0.3, -0.25) is 4.90 Å². The van der Waals surface area contributed by atoms with E-state index in [0.717, 1.165) is 30.9 Å². The van der Waals surface area contributed by atoms with Crippen molar-refractivity contribution in [2.24, 2.45) is 17.8 Å². The Labute approximate surface area is 136 Å². The molecule has 3 heteroatoms. The van der Waals surface area contributed by atoms with Crippen LogP contribution >= 0.6 is 0 Å². The smallest absolute Gasteiger partial charge is 0.0900 e. The fourth-order valence-electron chi connectivity index (χ4n) is 5.31. The molecule has 2 bridgehead atoms. The van der Waals surface area contributed by atoms with E-state index in [1.54, 1.807) is 0 Å². The summed E-state index contributed by atoms with van der Waals surface area (Å²) >= 11 is 0. The van der Waals surface area contributed by atoms with Crippen molar-refractivity contribution in [1.29, 1.82) is 0 Å². The molecule has 0 spiro atoms. The first-order chi connectivity index (χ1) is 10.6. The first-order valence-corrected chi connectivity index (χ1v) is 9.65. The summed E-state index contributed by atoms with van der Waals surface area (Å²) in [5.74, 6) is 2.94. The predicted octanol–water partition coefficient (Wildman–Crippen LogP) is 3.45. The van der Waals surface area contributed by atoms with Crippen molar-refractivity contribution in [2.75, 3.05) is 19.8 Å². The number of aliphatic hydroxyl groups is 1. The zero-order valence-corrected chi connectivity index (χ0v) is 14.5. The van der Waals surface area contributed by atoms with E-state index in [2.05, 4.69) is 18.7 Å². The minimum absolute atomic E-state index is 0.331. The van der Waals surface area contributed by atoms with Crippen LogP contribution in [0.2, 0.25) is 0 Å². The highest BCUT2D eigenvalue weighted by atomic mass is 16.5. The Balaban J connectivity index is 1.30. The number of piperidine rings is 1. The van der Waals surface area contributed by atoms with Crippen LogP contribution in [0.1, 0.15) is 65.2 Å². The largest absolute Gasteiger partial charge is 0.389 e. The van der Waals surface area contributed by atoms with Crippen LogP contribution in [0.25, 0.3) is 0 Å². The van der Waals surface area contributed by atoms with E-state index in [4.69, 9.17) is 4.74 Å². The van der Waals surface area contributed by atoms with E-state index >= 15 is 0 Å². The topological polar surface area (TPSA) is 32.7 Å². The molecular formula is C19H35NO2. The van der Waals surface area contributed by atoms with Gasteiger partial charge in [-0.1, -0.05) is 12.8 Å². The van der Waals surface area contributed by atoms with Gasteiger partial charge >= 0.3 is 0 Å². The molecule has 3 nitrogen and oxygen atoms in total. The van der Waals surface area contributed by atoms with Crippen molar-refractivity contribution >= 4 is 0 Å². The van der Waals surface area contributed by atoms with Crippen molar-refractivity contribution < 1.29 is 9.84 Å². The molecule has 6 atom stereocenters. The summed E-state index contributed by atoms with van der Waals surface area (Å²) < 4.78 is 5.80. The minimum atomic E-state index is -0.331. The number of fused-ring (bicyclic) bond motifs is 2. The SMILES string of the molecule is C[C@@H]1CCC[C@H](C)N1C[C@@H](O)COCC[C@H]1C[C@H]2CC[C@H]1C2. The predicted molar refractivity (Wildman–Crippen MR) is 89.9 cm³/mol. The van der Waals surface area contributed by atoms with Crippen molar-refractivity contribution in [3.63, 3.8) is 0 Å². The van der Waals surface area contributed by atoms with Gasteiger partial charge < -0.3 is 9.84 Å². The third kappa shape index (κ3) is 4.04. The molecule has 3 aliphatic rings. The Morgan fingerprint density at radius 2 is 1.86 bits per heavy atom. The number of likely N-dealkylation sites (tertiary alicyclic amines) is 1. The Morgan fingerprint density at radius 1 is 1.09 bits per heavy atom. The summed E-state index contributed by atoms with van der Waals surface area (Å²) in [6.45, 7) is 6.71. The maximum Gasteiger partial charge on any atom is 0.0900 e. The summed E-state index contributed by atoms with van der Waals surface area (Å²) in [5, 5.41) is 10.3. The van der Waals surface area contributed by atoms with Gasteiger partial charge in [0.25, 0.3) is 0 Å². The van der Waals surface area contributed by atoms with E-state index in [-0.39, 0.29) is 6.10 Å². The summed E-state index contributed by atoms with van der Waals surface area (Å²) in [5.41, 5.74) is 0. The molecule has 3 rings (SSSR count). The molecule has 1 heterocycles. The Hall–Kier alpha value is -0.120. The standard InChI is InChI=1S/C19H35NO2/c1-14-4-3-5-15(2)20(14)12-19(21)13-22-9-8-18-11-16-6-7-17(18)10-16/h14-19,21H,3-13H2,1-2H3/t14-,15+,16-,17-,18-,19+/m0/s1. The second-order valence-electron chi connectivity index (χ2n) is 8.28. The molecule has 0 unspecified atom stereocenters. The van der Waals surface area contributed by atoms with Gasteiger partial charge in [-0.15, -0.1) is 0 Å². The molecule has 22 heavy (non-hydrogen) atoms. The number of nitrogens with zero attached hydrogens (tertiary/aromatic N) is 1. The highest BCUT2D eigenvalue weighted by Gasteiger charge is 2.38. The van der Waals surface area contributed by atoms with Crippen molar-refractivity contribution in [3.05, 3.63) is 0 Å². The number of ether oxygens (including phenoxy) is 1. The van der Waals surface area contributed by atoms with Gasteiger partial charge in [-0.25, -0.2) is 0 Å². The van der Waals surface area contributed by atoms with Gasteiger partial charge in [0.2, 0.25) is 0 Å². The Kier molecular flexibility index (Phi) is 5.80. The second-order valence-corrected chi connectivity index (χ2v) is 8.28. The molecule has 128 valence electrons. The van der Waals surface area contributed by atoms with Crippen LogP contribution in [0, 0.1) is 17.8 Å². The van der Waals surface area contributed by atoms with Crippen LogP contribution in [0.5, 0.6) is 0 Å². The molecule has 0 aromatic rings. The number of aliphatic hydroxyl groups excluding tert-OH is 1. The molecule has 0 amide bonds. The zero-order chi connectivity index (χ0) is 15.5. The van der Waals surface area contributed by atoms with Gasteiger partial charge in [0.15, 0.2) is 0 Å². The summed E-state index contributed by atoms with van der Waals surface area (Å²) in [7, 11) is 0. The van der Waals surface area contributed by atoms with E-state index in [9.17, 15) is 5.11 Å². The highest BCUT2D eigenvalue weighted by molar-refractivity contribution is 4.89. The van der Waals surface area contributed by atoms with E-state index in [0.29, 0.717) is 18.7 Å². The molecule has 0 aromatic carbocycles. The third-order valence-corrected chi connectivity index (χ3v) is 6.63. The lowest BCUT2D eigenvalue weighted by molar-refractivity contribution is -0.0123. The molecule has 0 aromatic heterocycles. The number of hydrogen-bond donors (Lipinski definition) is 1. The molecule has 2 saturated carbocycles. The second kappa shape index (κ2) is 7.63. The van der Waals surface area contributed by atoms with Crippen molar-refractivity contribution in [2.45, 2.75) is 83.4 Å². The normalized spacial score (nSPS) is 40.2. The maximum absolute atomic E-state index is 10.3. The van der Waals surface area contributed by atoms with Gasteiger partial charge in [0.1, 0.15) is 0 Å². The molecule has 1 saturated heterocycles. The lowest BCUT2D eigenvalue weighted by Crippen LogP contribution is -2.48. The van der Waals surface area contributed by atoms with E-state index in [1.807, 2.05) is 0 Å². The van der Waals surface area contributed by atoms with Gasteiger partial charge in [-0.2, -0.15) is 0 Å². The van der Waals surface area contributed by atoms with E-state index < -0.39 is 0 Å². The first kappa shape index (κ1) is 16.7. The molecule has 0 radical (unpaired) electrons. The van der Waals surface area contributed by atoms with Gasteiger partial charge in [0, 0.05) is 25.2 Å². The van der Waals surface area contributed by atoms with Gasteiger partial charge in [-0.05, 0) is 70.1 Å². The summed E-state index contributed by atoms with van der Waals surface area (Å²) in [4.78, 5) is 2.47. The number of hydrogen-bond acceptors (Lipinski definition) is 3. The van der Waals surface area contributed by atoms with Crippen molar-refractivity contribution in [1.82, 2.24) is 4.90 Å². The van der Waals surface area contributed by atoms with E-state index in [1.165, 1.54) is 51.4 Å². The fraction of sp³-hybridized carbons (Fsp3) is 1.00. The molecular weight excluding hydrogens is 274 g/mol. The van der Waals surface area contributed by atoms with Crippen LogP contribution in [-0.4, -0.2) is 48.0 Å². The number of β-amino-alcohol motifs (C(OH)–C–C–N with tert-alkyl or cyclic N) is 1. The number of rotatable bonds is 7. The first-order valence-electron chi connectivity index (χ1n) is 9.65. The average Bonchev–Trinajstić information content (AvgIpc) is 3.10. The molecule has 1 N–H and O–H groups in total. The van der Waals surface area contributed by atoms with Crippen LogP contribution in [0.4, 0.5) is 0 Å². The monoisotopic (exact) mass is 309 g/mol. The van der Waals surface area contributed by atoms with Crippen molar-refractivity contribution in [3.8, 4) is 0 Å². The summed E-state index contributed by atoms with van der Waals surface area (Å²) in [6, 6.07) is 1.21. The fourth-order valence-corrected chi connectivity index (χ4v) is 5.31. The van der Waals surface area contributed by atoms with Crippen LogP contribution in [0.3, 0.4) is 0 Å². The minimum Gasteiger partial charge on any atom is -0.389 e. The zero-order valence-electron chi connectivity index (χ0n) is 14.5. The van der Waals surface area contributed by atoms with Crippen LogP contribution in [0.15, 0.2) is 0 Å². The quantitative estimate of drug-likeness (QED) is 0.731. The lowest BCUT2D eigenvalue weighted by atomic mass is 9.87. The molecule has 3 fully saturated rings. The van der Waals surface area contributed by atoms with Crippen LogP contribution < -0.4 is 0 Å². The Morgan fingerprint density at radius 3 is 2.50 bits per heavy atom. The molecule has 1 aliphatic heterocycles. The third-order valence-electron chi connectivity index (χ3n) is 6.63. The highest BCUT2D eigenvalue weighted by Crippen LogP contribution is 2.49. The Bertz CT molecular complexity index is 338. The average molecular weight is 309 g/mol. The van der Waals surface area contributed by atoms with Crippen LogP contribution in [-0.2, 0) is 4.74 Å². The van der Waals surface area contributed by atoms with Gasteiger partial charge in [0.05, 0.1) is 12.7 Å². The molecule has 2 aliphatic carbocycles. The maximum atomic E-state index is 10.3. The lowest BCUT2D eigenvalue weighted by Gasteiger charge is -2.40.